The molecule has 3 rings (SSSR count). The Kier molecular flexibility index (Phi) is 2.54. The van der Waals surface area contributed by atoms with Gasteiger partial charge in [0.25, 0.3) is 0 Å². The van der Waals surface area contributed by atoms with Crippen LogP contribution in [0, 0.1) is 11.3 Å². The highest BCUT2D eigenvalue weighted by Gasteiger charge is 2.53. The van der Waals surface area contributed by atoms with Gasteiger partial charge in [0.2, 0.25) is 0 Å². The zero-order valence-electron chi connectivity index (χ0n) is 9.93. The molecule has 2 aliphatic rings. The fourth-order valence-electron chi connectivity index (χ4n) is 2.56. The van der Waals surface area contributed by atoms with Crippen molar-refractivity contribution in [2.45, 2.75) is 31.9 Å². The number of anilines is 1. The molecule has 0 amide bonds. The molecule has 0 spiro atoms. The van der Waals surface area contributed by atoms with Gasteiger partial charge in [0.15, 0.2) is 0 Å². The van der Waals surface area contributed by atoms with Gasteiger partial charge >= 0.3 is 6.18 Å². The van der Waals surface area contributed by atoms with E-state index in [4.69, 9.17) is 0 Å². The highest BCUT2D eigenvalue weighted by atomic mass is 19.4. The van der Waals surface area contributed by atoms with E-state index >= 15 is 0 Å². The zero-order chi connectivity index (χ0) is 12.8. The fraction of sp³-hybridized carbons (Fsp3) is 0.615. The molecule has 2 saturated carbocycles. The van der Waals surface area contributed by atoms with Gasteiger partial charge in [-0.05, 0) is 49.1 Å². The van der Waals surface area contributed by atoms with Crippen LogP contribution in [-0.2, 0) is 6.18 Å². The van der Waals surface area contributed by atoms with Crippen molar-refractivity contribution in [2.75, 3.05) is 11.9 Å². The van der Waals surface area contributed by atoms with Crippen LogP contribution in [0.4, 0.5) is 19.0 Å². The average molecular weight is 256 g/mol. The quantitative estimate of drug-likeness (QED) is 0.888. The van der Waals surface area contributed by atoms with E-state index in [-0.39, 0.29) is 0 Å². The van der Waals surface area contributed by atoms with Crippen molar-refractivity contribution in [3.8, 4) is 0 Å². The molecule has 1 aromatic heterocycles. The first kappa shape index (κ1) is 11.8. The van der Waals surface area contributed by atoms with Crippen molar-refractivity contribution in [1.82, 2.24) is 4.98 Å². The van der Waals surface area contributed by atoms with Crippen molar-refractivity contribution >= 4 is 5.82 Å². The number of hydrogen-bond donors (Lipinski definition) is 1. The Bertz CT molecular complexity index is 448. The zero-order valence-corrected chi connectivity index (χ0v) is 9.93. The third kappa shape index (κ3) is 2.31. The molecule has 0 unspecified atom stereocenters. The van der Waals surface area contributed by atoms with Crippen LogP contribution in [0.3, 0.4) is 0 Å². The summed E-state index contributed by atoms with van der Waals surface area (Å²) in [5.41, 5.74) is -0.285. The maximum absolute atomic E-state index is 12.5. The lowest BCUT2D eigenvalue weighted by Gasteiger charge is -2.16. The van der Waals surface area contributed by atoms with Gasteiger partial charge < -0.3 is 5.32 Å². The Balaban J connectivity index is 1.66. The van der Waals surface area contributed by atoms with Crippen LogP contribution in [-0.4, -0.2) is 11.5 Å². The number of aromatic nitrogens is 1. The Morgan fingerprint density at radius 3 is 2.61 bits per heavy atom. The van der Waals surface area contributed by atoms with Gasteiger partial charge in [0.1, 0.15) is 5.82 Å². The van der Waals surface area contributed by atoms with Crippen LogP contribution < -0.4 is 5.32 Å². The summed E-state index contributed by atoms with van der Waals surface area (Å²) in [6, 6.07) is 2.09. The molecule has 2 fully saturated rings. The number of pyridine rings is 1. The van der Waals surface area contributed by atoms with Gasteiger partial charge in [-0.15, -0.1) is 0 Å². The highest BCUT2D eigenvalue weighted by molar-refractivity contribution is 5.39. The SMILES string of the molecule is FC(F)(F)c1ccnc(NCC2(C3CC3)CC2)c1. The van der Waals surface area contributed by atoms with E-state index in [9.17, 15) is 13.2 Å². The van der Waals surface area contributed by atoms with Gasteiger partial charge in [-0.2, -0.15) is 13.2 Å². The monoisotopic (exact) mass is 256 g/mol. The van der Waals surface area contributed by atoms with Crippen LogP contribution in [0.5, 0.6) is 0 Å². The van der Waals surface area contributed by atoms with Crippen LogP contribution in [0.25, 0.3) is 0 Å². The summed E-state index contributed by atoms with van der Waals surface area (Å²) in [6.07, 6.45) is 1.86. The lowest BCUT2D eigenvalue weighted by Crippen LogP contribution is -2.18. The molecule has 0 aromatic carbocycles. The van der Waals surface area contributed by atoms with E-state index < -0.39 is 11.7 Å². The van der Waals surface area contributed by atoms with Crippen molar-refractivity contribution in [3.05, 3.63) is 23.9 Å². The maximum atomic E-state index is 12.5. The summed E-state index contributed by atoms with van der Waals surface area (Å²) >= 11 is 0. The number of alkyl halides is 3. The minimum absolute atomic E-state index is 0.330. The summed E-state index contributed by atoms with van der Waals surface area (Å²) in [7, 11) is 0. The van der Waals surface area contributed by atoms with E-state index in [1.807, 2.05) is 0 Å². The third-order valence-corrected chi connectivity index (χ3v) is 4.04. The van der Waals surface area contributed by atoms with Crippen LogP contribution >= 0.6 is 0 Å². The molecular weight excluding hydrogens is 241 g/mol. The largest absolute Gasteiger partial charge is 0.416 e. The molecular formula is C13H15F3N2. The van der Waals surface area contributed by atoms with Crippen molar-refractivity contribution in [1.29, 1.82) is 0 Å². The standard InChI is InChI=1S/C13H15F3N2/c14-13(15,16)10-3-6-17-11(7-10)18-8-12(4-5-12)9-1-2-9/h3,6-7,9H,1-2,4-5,8H2,(H,17,18). The van der Waals surface area contributed by atoms with Crippen molar-refractivity contribution < 1.29 is 13.2 Å². The molecule has 1 N–H and O–H groups in total. The lowest BCUT2D eigenvalue weighted by atomic mass is 10.0. The number of halogens is 3. The average Bonchev–Trinajstić information content (AvgIpc) is 3.17. The molecule has 0 atom stereocenters. The van der Waals surface area contributed by atoms with E-state index in [0.29, 0.717) is 11.2 Å². The second kappa shape index (κ2) is 3.87. The molecule has 1 heterocycles. The molecule has 2 aliphatic carbocycles. The second-order valence-electron chi connectivity index (χ2n) is 5.42. The Labute approximate surface area is 104 Å². The number of nitrogens with zero attached hydrogens (tertiary/aromatic N) is 1. The fourth-order valence-corrected chi connectivity index (χ4v) is 2.56. The third-order valence-electron chi connectivity index (χ3n) is 4.04. The molecule has 0 radical (unpaired) electrons. The molecule has 5 heteroatoms. The number of hydrogen-bond acceptors (Lipinski definition) is 2. The Morgan fingerprint density at radius 1 is 1.33 bits per heavy atom. The molecule has 1 aromatic rings. The summed E-state index contributed by atoms with van der Waals surface area (Å²) in [5, 5.41) is 3.07. The lowest BCUT2D eigenvalue weighted by molar-refractivity contribution is -0.137. The van der Waals surface area contributed by atoms with Crippen molar-refractivity contribution in [3.63, 3.8) is 0 Å². The minimum atomic E-state index is -4.30. The highest BCUT2D eigenvalue weighted by Crippen LogP contribution is 2.61. The van der Waals surface area contributed by atoms with Gasteiger partial charge in [-0.1, -0.05) is 0 Å². The van der Waals surface area contributed by atoms with Gasteiger partial charge in [0.05, 0.1) is 5.56 Å². The van der Waals surface area contributed by atoms with E-state index in [2.05, 4.69) is 10.3 Å². The Morgan fingerprint density at radius 2 is 2.06 bits per heavy atom. The smallest absolute Gasteiger partial charge is 0.369 e. The predicted octanol–water partition coefficient (Wildman–Crippen LogP) is 3.70. The number of rotatable bonds is 4. The second-order valence-corrected chi connectivity index (χ2v) is 5.42. The summed E-state index contributed by atoms with van der Waals surface area (Å²) < 4.78 is 37.6. The van der Waals surface area contributed by atoms with Crippen LogP contribution in [0.1, 0.15) is 31.2 Å². The molecule has 0 saturated heterocycles. The van der Waals surface area contributed by atoms with Crippen LogP contribution in [0.15, 0.2) is 18.3 Å². The van der Waals surface area contributed by atoms with Crippen LogP contribution in [0.2, 0.25) is 0 Å². The van der Waals surface area contributed by atoms with Gasteiger partial charge in [0, 0.05) is 12.7 Å². The molecule has 2 nitrogen and oxygen atoms in total. The van der Waals surface area contributed by atoms with E-state index in [1.165, 1.54) is 31.9 Å². The minimum Gasteiger partial charge on any atom is -0.369 e. The van der Waals surface area contributed by atoms with E-state index in [1.54, 1.807) is 0 Å². The first-order valence-electron chi connectivity index (χ1n) is 6.27. The normalized spacial score (nSPS) is 21.7. The topological polar surface area (TPSA) is 24.9 Å². The maximum Gasteiger partial charge on any atom is 0.416 e. The first-order valence-corrected chi connectivity index (χ1v) is 6.27. The molecule has 0 aliphatic heterocycles. The summed E-state index contributed by atoms with van der Waals surface area (Å²) in [6.45, 7) is 0.756. The summed E-state index contributed by atoms with van der Waals surface area (Å²) in [5.74, 6) is 1.12. The molecule has 0 bridgehead atoms. The van der Waals surface area contributed by atoms with Crippen molar-refractivity contribution in [2.24, 2.45) is 11.3 Å². The Hall–Kier alpha value is -1.26. The summed E-state index contributed by atoms with van der Waals surface area (Å²) in [4.78, 5) is 3.95. The van der Waals surface area contributed by atoms with Gasteiger partial charge in [-0.25, -0.2) is 4.98 Å². The number of nitrogens with one attached hydrogen (secondary N) is 1. The van der Waals surface area contributed by atoms with Gasteiger partial charge in [-0.3, -0.25) is 0 Å². The first-order chi connectivity index (χ1) is 8.50. The molecule has 98 valence electrons. The predicted molar refractivity (Wildman–Crippen MR) is 62.1 cm³/mol. The van der Waals surface area contributed by atoms with E-state index in [0.717, 1.165) is 24.6 Å². The molecule has 18 heavy (non-hydrogen) atoms.